The second-order valence-electron chi connectivity index (χ2n) is 13.0. The minimum absolute atomic E-state index is 0.129. The van der Waals surface area contributed by atoms with Gasteiger partial charge in [0.25, 0.3) is 15.7 Å². The fourth-order valence-corrected chi connectivity index (χ4v) is 7.98. The SMILES string of the molecule is CN(C)CC[C@H](CSc1ccccc1)Nc1ccc(S(=O)(=O)NC(=O)N2CCN(c3ccc(CCC(=O)N4CCOCC4)cc3)CC2)cc1[N+](=O)[O-]. The second kappa shape index (κ2) is 18.4. The zero-order valence-corrected chi connectivity index (χ0v) is 31.2. The quantitative estimate of drug-likeness (QED) is 0.131. The molecule has 5 rings (SSSR count). The number of amides is 3. The summed E-state index contributed by atoms with van der Waals surface area (Å²) in [7, 11) is -0.487. The summed E-state index contributed by atoms with van der Waals surface area (Å²) in [6.07, 6.45) is 1.79. The Labute approximate surface area is 309 Å². The Bertz CT molecular complexity index is 1770. The number of nitro groups is 1. The van der Waals surface area contributed by atoms with Crippen molar-refractivity contribution >= 4 is 50.8 Å². The molecule has 0 radical (unpaired) electrons. The van der Waals surface area contributed by atoms with Crippen LogP contribution in [0.5, 0.6) is 0 Å². The number of anilines is 2. The minimum Gasteiger partial charge on any atom is -0.378 e. The van der Waals surface area contributed by atoms with E-state index in [1.54, 1.807) is 11.8 Å². The van der Waals surface area contributed by atoms with Crippen molar-refractivity contribution < 1.29 is 27.7 Å². The largest absolute Gasteiger partial charge is 0.378 e. The average Bonchev–Trinajstić information content (AvgIpc) is 3.15. The monoisotopic (exact) mass is 753 g/mol. The van der Waals surface area contributed by atoms with Gasteiger partial charge in [-0.25, -0.2) is 17.9 Å². The Hall–Kier alpha value is -4.38. The van der Waals surface area contributed by atoms with E-state index in [2.05, 4.69) is 14.9 Å². The highest BCUT2D eigenvalue weighted by molar-refractivity contribution is 7.99. The molecule has 2 aliphatic rings. The van der Waals surface area contributed by atoms with Crippen LogP contribution in [-0.4, -0.2) is 125 Å². The normalized spacial score (nSPS) is 15.7. The summed E-state index contributed by atoms with van der Waals surface area (Å²) in [5.41, 5.74) is 1.85. The summed E-state index contributed by atoms with van der Waals surface area (Å²) in [6, 6.07) is 20.6. The number of piperazine rings is 1. The molecule has 0 spiro atoms. The topological polar surface area (TPSA) is 158 Å². The molecule has 3 amide bonds. The third-order valence-corrected chi connectivity index (χ3v) is 11.5. The molecule has 2 saturated heterocycles. The van der Waals surface area contributed by atoms with Crippen LogP contribution >= 0.6 is 11.8 Å². The molecule has 280 valence electrons. The summed E-state index contributed by atoms with van der Waals surface area (Å²) in [4.78, 5) is 45.2. The molecule has 52 heavy (non-hydrogen) atoms. The van der Waals surface area contributed by atoms with Gasteiger partial charge in [-0.3, -0.25) is 14.9 Å². The van der Waals surface area contributed by atoms with Crippen LogP contribution in [0.25, 0.3) is 0 Å². The van der Waals surface area contributed by atoms with Crippen molar-refractivity contribution in [1.82, 2.24) is 19.4 Å². The number of morpholine rings is 1. The Morgan fingerprint density at radius 3 is 2.29 bits per heavy atom. The van der Waals surface area contributed by atoms with Crippen molar-refractivity contribution in [2.24, 2.45) is 0 Å². The van der Waals surface area contributed by atoms with Gasteiger partial charge >= 0.3 is 6.03 Å². The Kier molecular flexibility index (Phi) is 13.7. The molecule has 0 aliphatic carbocycles. The van der Waals surface area contributed by atoms with Gasteiger partial charge in [-0.15, -0.1) is 11.8 Å². The molecule has 2 fully saturated rings. The van der Waals surface area contributed by atoms with Crippen LogP contribution in [-0.2, 0) is 26.0 Å². The summed E-state index contributed by atoms with van der Waals surface area (Å²) >= 11 is 1.63. The molecule has 1 atom stereocenters. The standard InChI is InChI=1S/C36H47N7O7S2/c1-39(2)17-16-29(27-51-31-6-4-3-5-7-31)37-33-14-13-32(26-34(33)43(46)47)52(48,49)38-36(45)42-20-18-40(19-21-42)30-11-8-28(9-12-30)10-15-35(44)41-22-24-50-25-23-41/h3-9,11-14,26,29,37H,10,15-25,27H2,1-2H3,(H,38,45)/t29-/m1/s1. The zero-order chi connectivity index (χ0) is 37.1. The third kappa shape index (κ3) is 11.1. The number of nitrogens with one attached hydrogen (secondary N) is 2. The van der Waals surface area contributed by atoms with Crippen molar-refractivity contribution in [2.75, 3.05) is 89.1 Å². The zero-order valence-electron chi connectivity index (χ0n) is 29.6. The number of nitro benzene ring substituents is 1. The lowest BCUT2D eigenvalue weighted by molar-refractivity contribution is -0.384. The molecule has 2 heterocycles. The van der Waals surface area contributed by atoms with Gasteiger partial charge in [0.05, 0.1) is 23.0 Å². The fourth-order valence-electron chi connectivity index (χ4n) is 6.00. The molecule has 2 aliphatic heterocycles. The predicted octanol–water partition coefficient (Wildman–Crippen LogP) is 4.13. The highest BCUT2D eigenvalue weighted by atomic mass is 32.2. The summed E-state index contributed by atoms with van der Waals surface area (Å²) in [5.74, 6) is 0.770. The van der Waals surface area contributed by atoms with Crippen LogP contribution < -0.4 is 14.9 Å². The number of thioether (sulfide) groups is 1. The Morgan fingerprint density at radius 2 is 1.63 bits per heavy atom. The van der Waals surface area contributed by atoms with Gasteiger partial charge in [-0.05, 0) is 75.4 Å². The molecule has 3 aromatic carbocycles. The van der Waals surface area contributed by atoms with Crippen molar-refractivity contribution in [2.45, 2.75) is 35.1 Å². The number of aryl methyl sites for hydroxylation is 1. The minimum atomic E-state index is -4.40. The lowest BCUT2D eigenvalue weighted by Gasteiger charge is -2.36. The van der Waals surface area contributed by atoms with Crippen LogP contribution in [0, 0.1) is 10.1 Å². The van der Waals surface area contributed by atoms with Crippen molar-refractivity contribution in [3.05, 3.63) is 88.5 Å². The number of ether oxygens (including phenoxy) is 1. The van der Waals surface area contributed by atoms with E-state index in [1.807, 2.05) is 78.5 Å². The highest BCUT2D eigenvalue weighted by Gasteiger charge is 2.28. The molecular weight excluding hydrogens is 707 g/mol. The van der Waals surface area contributed by atoms with E-state index in [9.17, 15) is 28.1 Å². The van der Waals surface area contributed by atoms with Crippen LogP contribution in [0.15, 0.2) is 82.6 Å². The lowest BCUT2D eigenvalue weighted by Crippen LogP contribution is -2.52. The van der Waals surface area contributed by atoms with Crippen LogP contribution in [0.3, 0.4) is 0 Å². The predicted molar refractivity (Wildman–Crippen MR) is 203 cm³/mol. The number of rotatable bonds is 15. The molecule has 0 bridgehead atoms. The van der Waals surface area contributed by atoms with Crippen molar-refractivity contribution in [3.63, 3.8) is 0 Å². The van der Waals surface area contributed by atoms with E-state index >= 15 is 0 Å². The molecule has 0 aromatic heterocycles. The first-order valence-electron chi connectivity index (χ1n) is 17.4. The number of carbonyl (C=O) groups is 2. The van der Waals surface area contributed by atoms with Gasteiger partial charge in [0.15, 0.2) is 0 Å². The van der Waals surface area contributed by atoms with Gasteiger partial charge in [-0.1, -0.05) is 30.3 Å². The van der Waals surface area contributed by atoms with Crippen LogP contribution in [0.1, 0.15) is 18.4 Å². The van der Waals surface area contributed by atoms with Crippen molar-refractivity contribution in [3.8, 4) is 0 Å². The van der Waals surface area contributed by atoms with E-state index in [0.29, 0.717) is 64.4 Å². The fraction of sp³-hybridized carbons (Fsp3) is 0.444. The molecule has 2 N–H and O–H groups in total. The Morgan fingerprint density at radius 1 is 0.942 bits per heavy atom. The maximum absolute atomic E-state index is 13.3. The molecule has 0 saturated carbocycles. The second-order valence-corrected chi connectivity index (χ2v) is 15.8. The third-order valence-electron chi connectivity index (χ3n) is 9.04. The summed E-state index contributed by atoms with van der Waals surface area (Å²) < 4.78 is 34.0. The van der Waals surface area contributed by atoms with Gasteiger partial charge in [0.1, 0.15) is 5.69 Å². The molecule has 14 nitrogen and oxygen atoms in total. The van der Waals surface area contributed by atoms with Gasteiger partial charge < -0.3 is 29.7 Å². The van der Waals surface area contributed by atoms with Crippen LogP contribution in [0.4, 0.5) is 21.9 Å². The van der Waals surface area contributed by atoms with E-state index in [4.69, 9.17) is 4.74 Å². The van der Waals surface area contributed by atoms with Crippen molar-refractivity contribution in [1.29, 1.82) is 0 Å². The van der Waals surface area contributed by atoms with Gasteiger partial charge in [-0.2, -0.15) is 0 Å². The number of benzene rings is 3. The number of urea groups is 1. The van der Waals surface area contributed by atoms with Crippen LogP contribution in [0.2, 0.25) is 0 Å². The highest BCUT2D eigenvalue weighted by Crippen LogP contribution is 2.30. The molecular formula is C36H47N7O7S2. The van der Waals surface area contributed by atoms with E-state index in [1.165, 1.54) is 17.0 Å². The first-order valence-corrected chi connectivity index (χ1v) is 19.8. The lowest BCUT2D eigenvalue weighted by atomic mass is 10.1. The smallest absolute Gasteiger partial charge is 0.331 e. The number of carbonyl (C=O) groups excluding carboxylic acids is 2. The first-order chi connectivity index (χ1) is 25.0. The number of hydrogen-bond donors (Lipinski definition) is 2. The number of hydrogen-bond acceptors (Lipinski definition) is 11. The summed E-state index contributed by atoms with van der Waals surface area (Å²) in [6.45, 7) is 4.73. The maximum atomic E-state index is 13.3. The van der Waals surface area contributed by atoms with Gasteiger partial charge in [0, 0.05) is 74.1 Å². The molecule has 3 aromatic rings. The first kappa shape index (κ1) is 38.8. The average molecular weight is 754 g/mol. The van der Waals surface area contributed by atoms with E-state index < -0.39 is 26.7 Å². The maximum Gasteiger partial charge on any atom is 0.331 e. The Balaban J connectivity index is 1.15. The van der Waals surface area contributed by atoms with E-state index in [0.717, 1.165) is 28.8 Å². The van der Waals surface area contributed by atoms with E-state index in [-0.39, 0.29) is 35.6 Å². The summed E-state index contributed by atoms with van der Waals surface area (Å²) in [5, 5.41) is 15.4. The number of nitrogens with zero attached hydrogens (tertiary/aromatic N) is 5. The van der Waals surface area contributed by atoms with Gasteiger partial charge in [0.2, 0.25) is 5.91 Å². The number of sulfonamides is 1. The molecule has 16 heteroatoms. The molecule has 0 unspecified atom stereocenters.